The van der Waals surface area contributed by atoms with Gasteiger partial charge in [-0.1, -0.05) is 15.9 Å². The minimum absolute atomic E-state index is 0.00190. The van der Waals surface area contributed by atoms with Crippen molar-refractivity contribution in [2.45, 2.75) is 38.4 Å². The summed E-state index contributed by atoms with van der Waals surface area (Å²) in [5.74, 6) is 0. The molecule has 0 aromatic heterocycles. The second-order valence-corrected chi connectivity index (χ2v) is 5.95. The summed E-state index contributed by atoms with van der Waals surface area (Å²) in [6, 6.07) is 5.67. The van der Waals surface area contributed by atoms with Gasteiger partial charge in [0.25, 0.3) is 0 Å². The van der Waals surface area contributed by atoms with Crippen LogP contribution in [0.3, 0.4) is 0 Å². The molecule has 0 bridgehead atoms. The van der Waals surface area contributed by atoms with Crippen LogP contribution in [-0.4, -0.2) is 12.2 Å². The Labute approximate surface area is 121 Å². The molecule has 0 fully saturated rings. The zero-order valence-electron chi connectivity index (χ0n) is 9.82. The molecule has 1 nitrogen and oxygen atoms in total. The van der Waals surface area contributed by atoms with Crippen LogP contribution in [0.4, 0.5) is 18.9 Å². The first kappa shape index (κ1) is 15.8. The third-order valence-corrected chi connectivity index (χ3v) is 3.61. The molecule has 0 heterocycles. The van der Waals surface area contributed by atoms with Crippen LogP contribution in [0.15, 0.2) is 27.1 Å². The van der Waals surface area contributed by atoms with Crippen molar-refractivity contribution in [2.24, 2.45) is 0 Å². The maximum atomic E-state index is 12.0. The van der Waals surface area contributed by atoms with Gasteiger partial charge in [0, 0.05) is 27.1 Å². The van der Waals surface area contributed by atoms with Gasteiger partial charge < -0.3 is 5.32 Å². The standard InChI is InChI=1S/C12H14Br2F3N/c1-8(3-2-6-12(15,16)17)18-11-7-9(13)4-5-10(11)14/h4-5,7-8,18H,2-3,6H2,1H3. The molecule has 1 unspecified atom stereocenters. The van der Waals surface area contributed by atoms with Gasteiger partial charge in [-0.05, 0) is 53.9 Å². The van der Waals surface area contributed by atoms with Crippen LogP contribution in [0, 0.1) is 0 Å². The molecule has 0 aliphatic carbocycles. The van der Waals surface area contributed by atoms with E-state index in [1.807, 2.05) is 25.1 Å². The summed E-state index contributed by atoms with van der Waals surface area (Å²) in [5.41, 5.74) is 0.879. The summed E-state index contributed by atoms with van der Waals surface area (Å²) in [6.45, 7) is 1.88. The number of nitrogens with one attached hydrogen (secondary N) is 1. The predicted octanol–water partition coefficient (Wildman–Crippen LogP) is 5.74. The van der Waals surface area contributed by atoms with Gasteiger partial charge in [-0.25, -0.2) is 0 Å². The Balaban J connectivity index is 2.44. The smallest absolute Gasteiger partial charge is 0.382 e. The molecule has 0 saturated carbocycles. The Bertz CT molecular complexity index is 393. The molecule has 1 rings (SSSR count). The number of anilines is 1. The van der Waals surface area contributed by atoms with E-state index < -0.39 is 12.6 Å². The SMILES string of the molecule is CC(CCCC(F)(F)F)Nc1cc(Br)ccc1Br. The Morgan fingerprint density at radius 3 is 2.56 bits per heavy atom. The van der Waals surface area contributed by atoms with Crippen molar-refractivity contribution >= 4 is 37.5 Å². The largest absolute Gasteiger partial charge is 0.389 e. The molecule has 102 valence electrons. The molecule has 0 saturated heterocycles. The second kappa shape index (κ2) is 6.80. The van der Waals surface area contributed by atoms with Gasteiger partial charge in [0.05, 0.1) is 0 Å². The highest BCUT2D eigenvalue weighted by Crippen LogP contribution is 2.28. The fraction of sp³-hybridized carbons (Fsp3) is 0.500. The quantitative estimate of drug-likeness (QED) is 0.677. The number of hydrogen-bond acceptors (Lipinski definition) is 1. The monoisotopic (exact) mass is 387 g/mol. The first-order valence-electron chi connectivity index (χ1n) is 5.56. The Morgan fingerprint density at radius 1 is 1.28 bits per heavy atom. The number of halogens is 5. The molecule has 0 amide bonds. The Morgan fingerprint density at radius 2 is 1.94 bits per heavy atom. The molecule has 6 heteroatoms. The molecule has 18 heavy (non-hydrogen) atoms. The highest BCUT2D eigenvalue weighted by Gasteiger charge is 2.26. The van der Waals surface area contributed by atoms with E-state index >= 15 is 0 Å². The molecular weight excluding hydrogens is 375 g/mol. The first-order valence-corrected chi connectivity index (χ1v) is 7.15. The van der Waals surface area contributed by atoms with Gasteiger partial charge in [0.2, 0.25) is 0 Å². The number of benzene rings is 1. The third kappa shape index (κ3) is 6.09. The molecule has 0 aliphatic rings. The lowest BCUT2D eigenvalue weighted by atomic mass is 10.1. The number of hydrogen-bond donors (Lipinski definition) is 1. The van der Waals surface area contributed by atoms with Crippen LogP contribution in [0.25, 0.3) is 0 Å². The average molecular weight is 389 g/mol. The normalized spacial score (nSPS) is 13.4. The Kier molecular flexibility index (Phi) is 5.98. The maximum absolute atomic E-state index is 12.0. The van der Waals surface area contributed by atoms with Crippen LogP contribution < -0.4 is 5.32 Å². The summed E-state index contributed by atoms with van der Waals surface area (Å²) < 4.78 is 37.9. The van der Waals surface area contributed by atoms with Gasteiger partial charge in [0.1, 0.15) is 0 Å². The van der Waals surface area contributed by atoms with Crippen LogP contribution >= 0.6 is 31.9 Å². The molecule has 0 radical (unpaired) electrons. The predicted molar refractivity (Wildman–Crippen MR) is 74.8 cm³/mol. The minimum Gasteiger partial charge on any atom is -0.382 e. The summed E-state index contributed by atoms with van der Waals surface area (Å²) in [5, 5.41) is 3.19. The van der Waals surface area contributed by atoms with Crippen molar-refractivity contribution in [1.29, 1.82) is 0 Å². The lowest BCUT2D eigenvalue weighted by Crippen LogP contribution is -2.17. The van der Waals surface area contributed by atoms with Gasteiger partial charge in [-0.2, -0.15) is 13.2 Å². The third-order valence-electron chi connectivity index (χ3n) is 2.43. The average Bonchev–Trinajstić information content (AvgIpc) is 2.21. The van der Waals surface area contributed by atoms with E-state index in [1.54, 1.807) is 0 Å². The molecule has 1 atom stereocenters. The fourth-order valence-electron chi connectivity index (χ4n) is 1.55. The molecular formula is C12H14Br2F3N. The van der Waals surface area contributed by atoms with Gasteiger partial charge in [0.15, 0.2) is 0 Å². The van der Waals surface area contributed by atoms with Crippen LogP contribution in [0.2, 0.25) is 0 Å². The lowest BCUT2D eigenvalue weighted by Gasteiger charge is -2.17. The first-order chi connectivity index (χ1) is 8.28. The van der Waals surface area contributed by atoms with Gasteiger partial charge in [-0.15, -0.1) is 0 Å². The number of alkyl halides is 3. The van der Waals surface area contributed by atoms with E-state index in [-0.39, 0.29) is 12.5 Å². The maximum Gasteiger partial charge on any atom is 0.389 e. The molecule has 1 N–H and O–H groups in total. The van der Waals surface area contributed by atoms with Crippen molar-refractivity contribution in [2.75, 3.05) is 5.32 Å². The van der Waals surface area contributed by atoms with E-state index in [0.717, 1.165) is 14.6 Å². The summed E-state index contributed by atoms with van der Waals surface area (Å²) in [4.78, 5) is 0. The van der Waals surface area contributed by atoms with E-state index in [2.05, 4.69) is 37.2 Å². The van der Waals surface area contributed by atoms with Crippen LogP contribution in [-0.2, 0) is 0 Å². The van der Waals surface area contributed by atoms with Crippen molar-refractivity contribution in [3.63, 3.8) is 0 Å². The van der Waals surface area contributed by atoms with E-state index in [1.165, 1.54) is 0 Å². The lowest BCUT2D eigenvalue weighted by molar-refractivity contribution is -0.135. The zero-order chi connectivity index (χ0) is 13.8. The van der Waals surface area contributed by atoms with Crippen molar-refractivity contribution in [1.82, 2.24) is 0 Å². The summed E-state index contributed by atoms with van der Waals surface area (Å²) >= 11 is 6.75. The molecule has 1 aromatic carbocycles. The van der Waals surface area contributed by atoms with Gasteiger partial charge in [-0.3, -0.25) is 0 Å². The van der Waals surface area contributed by atoms with Crippen molar-refractivity contribution in [3.05, 3.63) is 27.1 Å². The zero-order valence-corrected chi connectivity index (χ0v) is 13.0. The van der Waals surface area contributed by atoms with E-state index in [4.69, 9.17) is 0 Å². The summed E-state index contributed by atoms with van der Waals surface area (Å²) in [7, 11) is 0. The summed E-state index contributed by atoms with van der Waals surface area (Å²) in [6.07, 6.45) is -4.16. The Hall–Kier alpha value is -0.230. The number of rotatable bonds is 5. The second-order valence-electron chi connectivity index (χ2n) is 4.18. The van der Waals surface area contributed by atoms with E-state index in [9.17, 15) is 13.2 Å². The van der Waals surface area contributed by atoms with Crippen molar-refractivity contribution < 1.29 is 13.2 Å². The fourth-order valence-corrected chi connectivity index (χ4v) is 2.28. The molecule has 0 aliphatic heterocycles. The van der Waals surface area contributed by atoms with E-state index in [0.29, 0.717) is 6.42 Å². The van der Waals surface area contributed by atoms with Gasteiger partial charge >= 0.3 is 6.18 Å². The molecule has 0 spiro atoms. The van der Waals surface area contributed by atoms with Crippen LogP contribution in [0.5, 0.6) is 0 Å². The highest BCUT2D eigenvalue weighted by atomic mass is 79.9. The minimum atomic E-state index is -4.06. The topological polar surface area (TPSA) is 12.0 Å². The van der Waals surface area contributed by atoms with Crippen molar-refractivity contribution in [3.8, 4) is 0 Å². The highest BCUT2D eigenvalue weighted by molar-refractivity contribution is 9.11. The van der Waals surface area contributed by atoms with Crippen LogP contribution in [0.1, 0.15) is 26.2 Å². The molecule has 1 aromatic rings.